The van der Waals surface area contributed by atoms with Crippen LogP contribution in [0.2, 0.25) is 5.15 Å². The van der Waals surface area contributed by atoms with Gasteiger partial charge in [0.25, 0.3) is 0 Å². The van der Waals surface area contributed by atoms with Gasteiger partial charge in [-0.2, -0.15) is 13.2 Å². The fraction of sp³-hybridized carbons (Fsp3) is 0.111. The zero-order valence-electron chi connectivity index (χ0n) is 7.97. The molecular weight excluding hydrogens is 261 g/mol. The summed E-state index contributed by atoms with van der Waals surface area (Å²) in [4.78, 5) is 16.4. The Morgan fingerprint density at radius 3 is 2.59 bits per heavy atom. The van der Waals surface area contributed by atoms with Crippen molar-refractivity contribution in [3.05, 3.63) is 28.5 Å². The fourth-order valence-corrected chi connectivity index (χ4v) is 1.61. The highest BCUT2D eigenvalue weighted by Crippen LogP contribution is 2.35. The molecule has 2 N–H and O–H groups in total. The minimum Gasteiger partial charge on any atom is -0.477 e. The summed E-state index contributed by atoms with van der Waals surface area (Å²) < 4.78 is 38.0. The van der Waals surface area contributed by atoms with E-state index in [9.17, 15) is 18.0 Å². The molecule has 0 saturated carbocycles. The third-order valence-electron chi connectivity index (χ3n) is 2.09. The number of nitrogens with one attached hydrogen (secondary N) is 1. The van der Waals surface area contributed by atoms with Gasteiger partial charge in [0.2, 0.25) is 0 Å². The summed E-state index contributed by atoms with van der Waals surface area (Å²) in [5.74, 6) is -1.37. The minimum absolute atomic E-state index is 0.137. The topological polar surface area (TPSA) is 66.0 Å². The maximum atomic E-state index is 12.7. The Labute approximate surface area is 97.0 Å². The van der Waals surface area contributed by atoms with Crippen LogP contribution >= 0.6 is 11.6 Å². The van der Waals surface area contributed by atoms with Gasteiger partial charge in [-0.1, -0.05) is 11.6 Å². The molecule has 90 valence electrons. The Balaban J connectivity index is 2.79. The molecule has 0 saturated heterocycles. The third kappa shape index (κ3) is 2.05. The molecule has 17 heavy (non-hydrogen) atoms. The lowest BCUT2D eigenvalue weighted by Crippen LogP contribution is -2.06. The number of carbonyl (C=O) groups is 1. The zero-order chi connectivity index (χ0) is 12.8. The third-order valence-corrected chi connectivity index (χ3v) is 2.29. The molecule has 0 amide bonds. The Morgan fingerprint density at radius 2 is 2.06 bits per heavy atom. The first-order chi connectivity index (χ1) is 7.79. The van der Waals surface area contributed by atoms with Gasteiger partial charge in [0.05, 0.1) is 16.6 Å². The van der Waals surface area contributed by atoms with E-state index in [0.29, 0.717) is 6.07 Å². The van der Waals surface area contributed by atoms with Crippen molar-refractivity contribution in [3.8, 4) is 0 Å². The number of aromatic carboxylic acids is 1. The van der Waals surface area contributed by atoms with E-state index in [0.717, 1.165) is 6.07 Å². The Hall–Kier alpha value is -1.76. The van der Waals surface area contributed by atoms with Gasteiger partial charge in [-0.05, 0) is 12.1 Å². The lowest BCUT2D eigenvalue weighted by Gasteiger charge is -2.07. The summed E-state index contributed by atoms with van der Waals surface area (Å²) in [7, 11) is 0. The minimum atomic E-state index is -4.63. The molecule has 2 rings (SSSR count). The number of H-pyrrole nitrogens is 1. The predicted octanol–water partition coefficient (Wildman–Crippen LogP) is 2.93. The van der Waals surface area contributed by atoms with Crippen LogP contribution in [0.3, 0.4) is 0 Å². The number of fused-ring (bicyclic) bond motifs is 1. The van der Waals surface area contributed by atoms with Gasteiger partial charge < -0.3 is 10.1 Å². The highest BCUT2D eigenvalue weighted by Gasteiger charge is 2.34. The summed E-state index contributed by atoms with van der Waals surface area (Å²) in [5, 5.41) is 8.33. The van der Waals surface area contributed by atoms with Crippen molar-refractivity contribution in [3.63, 3.8) is 0 Å². The van der Waals surface area contributed by atoms with Crippen LogP contribution in [-0.2, 0) is 6.18 Å². The van der Waals surface area contributed by atoms with Crippen molar-refractivity contribution in [1.29, 1.82) is 0 Å². The van der Waals surface area contributed by atoms with Crippen LogP contribution in [0.5, 0.6) is 0 Å². The first kappa shape index (κ1) is 11.7. The molecule has 0 spiro atoms. The van der Waals surface area contributed by atoms with Crippen molar-refractivity contribution >= 4 is 28.6 Å². The molecule has 2 aromatic rings. The van der Waals surface area contributed by atoms with E-state index in [1.165, 1.54) is 0 Å². The maximum Gasteiger partial charge on any atom is 0.418 e. The summed E-state index contributed by atoms with van der Waals surface area (Å²) in [6.07, 6.45) is -4.63. The van der Waals surface area contributed by atoms with Gasteiger partial charge in [0, 0.05) is 0 Å². The van der Waals surface area contributed by atoms with Crippen molar-refractivity contribution in [1.82, 2.24) is 9.97 Å². The van der Waals surface area contributed by atoms with Crippen molar-refractivity contribution in [2.45, 2.75) is 6.18 Å². The molecule has 2 heterocycles. The SMILES string of the molecule is O=C(O)c1cc2nc(Cl)cc(C(F)(F)F)c2[nH]1. The first-order valence-electron chi connectivity index (χ1n) is 4.29. The van der Waals surface area contributed by atoms with E-state index >= 15 is 0 Å². The van der Waals surface area contributed by atoms with Gasteiger partial charge in [-0.15, -0.1) is 0 Å². The molecule has 0 unspecified atom stereocenters. The molecule has 0 aliphatic rings. The number of aromatic nitrogens is 2. The number of carboxylic acid groups (broad SMARTS) is 1. The lowest BCUT2D eigenvalue weighted by atomic mass is 10.2. The van der Waals surface area contributed by atoms with E-state index < -0.39 is 17.7 Å². The van der Waals surface area contributed by atoms with Gasteiger partial charge in [0.1, 0.15) is 10.8 Å². The Bertz CT molecular complexity index is 606. The van der Waals surface area contributed by atoms with Crippen LogP contribution in [0, 0.1) is 0 Å². The quantitative estimate of drug-likeness (QED) is 0.778. The number of pyridine rings is 1. The van der Waals surface area contributed by atoms with Crippen molar-refractivity contribution < 1.29 is 23.1 Å². The van der Waals surface area contributed by atoms with E-state index in [-0.39, 0.29) is 21.9 Å². The molecule has 0 aliphatic carbocycles. The standard InChI is InChI=1S/C9H4ClF3N2O2/c10-6-1-3(9(11,12)13)7-4(14-6)2-5(15-7)8(16)17/h1-2,15H,(H,16,17). The number of aromatic amines is 1. The van der Waals surface area contributed by atoms with Crippen LogP contribution in [0.25, 0.3) is 11.0 Å². The summed E-state index contributed by atoms with van der Waals surface area (Å²) >= 11 is 5.45. The van der Waals surface area contributed by atoms with Crippen LogP contribution in [-0.4, -0.2) is 21.0 Å². The van der Waals surface area contributed by atoms with Crippen molar-refractivity contribution in [2.75, 3.05) is 0 Å². The fourth-order valence-electron chi connectivity index (χ4n) is 1.41. The summed E-state index contributed by atoms with van der Waals surface area (Å²) in [5.41, 5.74) is -1.94. The molecule has 8 heteroatoms. The predicted molar refractivity (Wildman–Crippen MR) is 53.1 cm³/mol. The highest BCUT2D eigenvalue weighted by molar-refractivity contribution is 6.30. The van der Waals surface area contributed by atoms with Gasteiger partial charge >= 0.3 is 12.1 Å². The highest BCUT2D eigenvalue weighted by atomic mass is 35.5. The number of rotatable bonds is 1. The molecule has 0 fully saturated rings. The monoisotopic (exact) mass is 264 g/mol. The van der Waals surface area contributed by atoms with Crippen LogP contribution in [0.1, 0.15) is 16.1 Å². The van der Waals surface area contributed by atoms with E-state index in [1.54, 1.807) is 0 Å². The molecule has 0 aromatic carbocycles. The molecule has 0 radical (unpaired) electrons. The molecule has 4 nitrogen and oxygen atoms in total. The number of carboxylic acids is 1. The van der Waals surface area contributed by atoms with Crippen LogP contribution in [0.4, 0.5) is 13.2 Å². The Kier molecular flexibility index (Phi) is 2.50. The number of halogens is 4. The second kappa shape index (κ2) is 3.63. The molecule has 2 aromatic heterocycles. The molecule has 0 bridgehead atoms. The lowest BCUT2D eigenvalue weighted by molar-refractivity contribution is -0.136. The zero-order valence-corrected chi connectivity index (χ0v) is 8.73. The van der Waals surface area contributed by atoms with Crippen LogP contribution in [0.15, 0.2) is 12.1 Å². The second-order valence-electron chi connectivity index (χ2n) is 3.24. The van der Waals surface area contributed by atoms with Crippen LogP contribution < -0.4 is 0 Å². The number of hydrogen-bond acceptors (Lipinski definition) is 2. The maximum absolute atomic E-state index is 12.7. The molecule has 0 atom stereocenters. The number of nitrogens with zero attached hydrogens (tertiary/aromatic N) is 1. The van der Waals surface area contributed by atoms with Gasteiger partial charge in [-0.3, -0.25) is 0 Å². The Morgan fingerprint density at radius 1 is 1.41 bits per heavy atom. The van der Waals surface area contributed by atoms with E-state index in [2.05, 4.69) is 9.97 Å². The normalized spacial score (nSPS) is 12.0. The average Bonchev–Trinajstić information content (AvgIpc) is 2.58. The smallest absolute Gasteiger partial charge is 0.418 e. The summed E-state index contributed by atoms with van der Waals surface area (Å²) in [6, 6.07) is 1.64. The second-order valence-corrected chi connectivity index (χ2v) is 3.63. The molecular formula is C9H4ClF3N2O2. The van der Waals surface area contributed by atoms with Crippen molar-refractivity contribution in [2.24, 2.45) is 0 Å². The van der Waals surface area contributed by atoms with Gasteiger partial charge in [-0.25, -0.2) is 9.78 Å². The van der Waals surface area contributed by atoms with E-state index in [1.807, 2.05) is 0 Å². The molecule has 0 aliphatic heterocycles. The first-order valence-corrected chi connectivity index (χ1v) is 4.66. The summed E-state index contributed by atoms with van der Waals surface area (Å²) in [6.45, 7) is 0. The van der Waals surface area contributed by atoms with Gasteiger partial charge in [0.15, 0.2) is 0 Å². The average molecular weight is 265 g/mol. The number of hydrogen-bond donors (Lipinski definition) is 2. The van der Waals surface area contributed by atoms with E-state index in [4.69, 9.17) is 16.7 Å². The largest absolute Gasteiger partial charge is 0.477 e. The number of alkyl halides is 3.